The van der Waals surface area contributed by atoms with Gasteiger partial charge < -0.3 is 18.9 Å². The summed E-state index contributed by atoms with van der Waals surface area (Å²) in [6, 6.07) is 21.3. The van der Waals surface area contributed by atoms with Crippen molar-refractivity contribution in [2.45, 2.75) is 155 Å². The molecule has 0 aliphatic heterocycles. The Bertz CT molecular complexity index is 1800. The van der Waals surface area contributed by atoms with Crippen LogP contribution in [0, 0.1) is 11.8 Å². The summed E-state index contributed by atoms with van der Waals surface area (Å²) in [7, 11) is 0. The lowest BCUT2D eigenvalue weighted by molar-refractivity contribution is -0.153. The summed E-state index contributed by atoms with van der Waals surface area (Å²) in [4.78, 5) is 65.1. The molecule has 58 heavy (non-hydrogen) atoms. The number of carbonyl (C=O) groups excluding carboxylic acids is 5. The number of Topliss-reactive ketones (excluding diaryl/α,β-unsaturated/α-hetero) is 1. The summed E-state index contributed by atoms with van der Waals surface area (Å²) in [5, 5.41) is 0. The van der Waals surface area contributed by atoms with E-state index in [9.17, 15) is 24.0 Å². The molecule has 5 rings (SSSR count). The zero-order valence-corrected chi connectivity index (χ0v) is 34.8. The number of hydrogen-bond donors (Lipinski definition) is 0. The first kappa shape index (κ1) is 44.3. The van der Waals surface area contributed by atoms with Crippen molar-refractivity contribution in [3.05, 3.63) is 94.5 Å². The average Bonchev–Trinajstić information content (AvgIpc) is 3.23. The smallest absolute Gasteiger partial charge is 0.314 e. The molecule has 0 atom stereocenters. The number of aryl methyl sites for hydroxylation is 4. The molecular weight excluding hydrogens is 733 g/mol. The Morgan fingerprint density at radius 1 is 0.500 bits per heavy atom. The summed E-state index contributed by atoms with van der Waals surface area (Å²) in [5.74, 6) is -1.84. The molecule has 2 fully saturated rings. The lowest BCUT2D eigenvalue weighted by Crippen LogP contribution is -2.30. The summed E-state index contributed by atoms with van der Waals surface area (Å²) < 4.78 is 23.1. The van der Waals surface area contributed by atoms with Crippen LogP contribution in [0.25, 0.3) is 0 Å². The highest BCUT2D eigenvalue weighted by molar-refractivity contribution is 6.00. The molecule has 2 aliphatic rings. The molecular formula is C49H62O9. The monoisotopic (exact) mass is 794 g/mol. The molecule has 2 saturated carbocycles. The summed E-state index contributed by atoms with van der Waals surface area (Å²) >= 11 is 0. The Kier molecular flexibility index (Phi) is 17.5. The van der Waals surface area contributed by atoms with E-state index >= 15 is 0 Å². The van der Waals surface area contributed by atoms with Crippen molar-refractivity contribution in [2.75, 3.05) is 0 Å². The predicted molar refractivity (Wildman–Crippen MR) is 223 cm³/mol. The highest BCUT2D eigenvalue weighted by atomic mass is 16.6. The first-order chi connectivity index (χ1) is 28.1. The number of unbranched alkanes of at least 4 members (excludes halogenated alkanes) is 1. The number of ether oxygens (including phenoxy) is 4. The van der Waals surface area contributed by atoms with Gasteiger partial charge >= 0.3 is 23.9 Å². The molecule has 2 aliphatic carbocycles. The number of carbonyl (C=O) groups is 5. The fourth-order valence-electron chi connectivity index (χ4n) is 7.88. The normalized spacial score (nSPS) is 19.2. The van der Waals surface area contributed by atoms with Gasteiger partial charge in [-0.25, -0.2) is 0 Å². The van der Waals surface area contributed by atoms with Gasteiger partial charge in [0.05, 0.1) is 17.4 Å². The third-order valence-electron chi connectivity index (χ3n) is 11.4. The summed E-state index contributed by atoms with van der Waals surface area (Å²) in [6.45, 7) is 6.30. The van der Waals surface area contributed by atoms with Gasteiger partial charge in [-0.2, -0.15) is 0 Å². The summed E-state index contributed by atoms with van der Waals surface area (Å²) in [5.41, 5.74) is 5.02. The van der Waals surface area contributed by atoms with Crippen LogP contribution in [0.4, 0.5) is 0 Å². The molecule has 0 saturated heterocycles. The number of esters is 4. The van der Waals surface area contributed by atoms with E-state index in [2.05, 4.69) is 62.4 Å². The third kappa shape index (κ3) is 13.9. The van der Waals surface area contributed by atoms with Gasteiger partial charge in [0.25, 0.3) is 0 Å². The Morgan fingerprint density at radius 3 is 1.36 bits per heavy atom. The fraction of sp³-hybridized carbons (Fsp3) is 0.531. The van der Waals surface area contributed by atoms with Crippen LogP contribution < -0.4 is 9.47 Å². The van der Waals surface area contributed by atoms with Crippen LogP contribution in [0.2, 0.25) is 0 Å². The van der Waals surface area contributed by atoms with Gasteiger partial charge in [0.2, 0.25) is 0 Å². The minimum atomic E-state index is -0.427. The van der Waals surface area contributed by atoms with Crippen LogP contribution in [0.5, 0.6) is 11.5 Å². The minimum absolute atomic E-state index is 0.151. The third-order valence-corrected chi connectivity index (χ3v) is 11.4. The molecule has 0 heterocycles. The van der Waals surface area contributed by atoms with Crippen molar-refractivity contribution >= 4 is 29.7 Å². The number of ketones is 1. The largest absolute Gasteiger partial charge is 0.462 e. The van der Waals surface area contributed by atoms with E-state index in [4.69, 9.17) is 18.9 Å². The molecule has 312 valence electrons. The van der Waals surface area contributed by atoms with E-state index in [0.717, 1.165) is 43.2 Å². The Balaban J connectivity index is 1.06. The maximum absolute atomic E-state index is 13.3. The molecule has 0 bridgehead atoms. The Hall–Kier alpha value is -4.79. The molecule has 0 amide bonds. The molecule has 9 heteroatoms. The first-order valence-electron chi connectivity index (χ1n) is 21.8. The molecule has 3 aromatic carbocycles. The molecule has 9 nitrogen and oxygen atoms in total. The van der Waals surface area contributed by atoms with E-state index in [1.807, 2.05) is 6.92 Å². The zero-order valence-electron chi connectivity index (χ0n) is 34.8. The van der Waals surface area contributed by atoms with Crippen molar-refractivity contribution in [3.63, 3.8) is 0 Å². The maximum atomic E-state index is 13.3. The number of benzene rings is 3. The first-order valence-corrected chi connectivity index (χ1v) is 21.8. The average molecular weight is 795 g/mol. The SMILES string of the molecule is CCCCC(=O)c1cc(OC(=O)C2CCC(OC(=O)CCc3ccc(CCC)cc3)CC2)ccc1OC(=O)C1CCC(OC(=O)CCc2ccc(CCC)cc2)CC1. The lowest BCUT2D eigenvalue weighted by Gasteiger charge is -2.27. The second kappa shape index (κ2) is 23.0. The van der Waals surface area contributed by atoms with Crippen LogP contribution in [0.1, 0.15) is 150 Å². The van der Waals surface area contributed by atoms with Gasteiger partial charge in [-0.05, 0) is 124 Å². The maximum Gasteiger partial charge on any atom is 0.314 e. The summed E-state index contributed by atoms with van der Waals surface area (Å²) in [6.07, 6.45) is 11.8. The van der Waals surface area contributed by atoms with E-state index in [-0.39, 0.29) is 65.2 Å². The van der Waals surface area contributed by atoms with Gasteiger partial charge in [-0.1, -0.05) is 88.6 Å². The van der Waals surface area contributed by atoms with Crippen molar-refractivity contribution in [2.24, 2.45) is 11.8 Å². The lowest BCUT2D eigenvalue weighted by atomic mass is 9.87. The second-order valence-electron chi connectivity index (χ2n) is 16.1. The van der Waals surface area contributed by atoms with Gasteiger partial charge in [0.1, 0.15) is 23.7 Å². The van der Waals surface area contributed by atoms with Crippen molar-refractivity contribution < 1.29 is 42.9 Å². The van der Waals surface area contributed by atoms with Crippen LogP contribution >= 0.6 is 0 Å². The Labute approximate surface area is 344 Å². The quantitative estimate of drug-likeness (QED) is 0.0625. The van der Waals surface area contributed by atoms with Crippen LogP contribution in [-0.4, -0.2) is 41.9 Å². The van der Waals surface area contributed by atoms with Gasteiger partial charge in [-0.3, -0.25) is 24.0 Å². The van der Waals surface area contributed by atoms with Gasteiger partial charge in [-0.15, -0.1) is 0 Å². The molecule has 0 spiro atoms. The Morgan fingerprint density at radius 2 is 0.931 bits per heavy atom. The van der Waals surface area contributed by atoms with Crippen molar-refractivity contribution in [3.8, 4) is 11.5 Å². The predicted octanol–water partition coefficient (Wildman–Crippen LogP) is 10.2. The molecule has 3 aromatic rings. The molecule has 0 radical (unpaired) electrons. The molecule has 0 N–H and O–H groups in total. The van der Waals surface area contributed by atoms with Crippen LogP contribution in [0.15, 0.2) is 66.7 Å². The molecule has 0 aromatic heterocycles. The van der Waals surface area contributed by atoms with E-state index in [1.165, 1.54) is 23.3 Å². The fourth-order valence-corrected chi connectivity index (χ4v) is 7.88. The van der Waals surface area contributed by atoms with Gasteiger partial charge in [0.15, 0.2) is 5.78 Å². The minimum Gasteiger partial charge on any atom is -0.462 e. The van der Waals surface area contributed by atoms with E-state index in [0.29, 0.717) is 83.5 Å². The second-order valence-corrected chi connectivity index (χ2v) is 16.1. The topological polar surface area (TPSA) is 122 Å². The number of rotatable bonds is 20. The molecule has 0 unspecified atom stereocenters. The van der Waals surface area contributed by atoms with Crippen LogP contribution in [-0.2, 0) is 54.3 Å². The zero-order chi connectivity index (χ0) is 41.3. The van der Waals surface area contributed by atoms with E-state index in [1.54, 1.807) is 6.07 Å². The standard InChI is InChI=1S/C49H62O9/c1-4-7-10-44(50)43-33-42(57-48(53)38-21-25-40(26-22-38)55-46(51)31-19-36-15-11-34(8-5-2)12-16-36)29-30-45(43)58-49(54)39-23-27-41(28-24-39)56-47(52)32-20-37-17-13-35(9-6-3)14-18-37/h11-18,29-30,33,38-41H,4-10,19-28,31-32H2,1-3H3. The highest BCUT2D eigenvalue weighted by Gasteiger charge is 2.32. The highest BCUT2D eigenvalue weighted by Crippen LogP contribution is 2.33. The number of hydrogen-bond acceptors (Lipinski definition) is 9. The van der Waals surface area contributed by atoms with Crippen molar-refractivity contribution in [1.29, 1.82) is 0 Å². The van der Waals surface area contributed by atoms with Crippen LogP contribution in [0.3, 0.4) is 0 Å². The van der Waals surface area contributed by atoms with Crippen molar-refractivity contribution in [1.82, 2.24) is 0 Å². The van der Waals surface area contributed by atoms with E-state index < -0.39 is 11.9 Å². The van der Waals surface area contributed by atoms with Gasteiger partial charge in [0, 0.05) is 19.3 Å².